The minimum atomic E-state index is 0.0264. The molecule has 3 heteroatoms. The maximum absolute atomic E-state index is 6.35. The fraction of sp³-hybridized carbons (Fsp3) is 1.00. The Morgan fingerprint density at radius 1 is 1.54 bits per heavy atom. The van der Waals surface area contributed by atoms with Crippen LogP contribution >= 0.6 is 11.8 Å². The molecule has 13 heavy (non-hydrogen) atoms. The first-order chi connectivity index (χ1) is 6.24. The number of rotatable bonds is 4. The van der Waals surface area contributed by atoms with Crippen LogP contribution in [0.5, 0.6) is 0 Å². The summed E-state index contributed by atoms with van der Waals surface area (Å²) in [4.78, 5) is 0. The maximum Gasteiger partial charge on any atom is 0.0760 e. The van der Waals surface area contributed by atoms with Crippen LogP contribution in [0.15, 0.2) is 0 Å². The zero-order valence-electron chi connectivity index (χ0n) is 8.29. The van der Waals surface area contributed by atoms with Crippen LogP contribution in [0, 0.1) is 0 Å². The SMILES string of the molecule is CSCCCC1(N)CC2CCC1O2. The predicted octanol–water partition coefficient (Wildman–Crippen LogP) is 1.78. The van der Waals surface area contributed by atoms with Gasteiger partial charge in [0.15, 0.2) is 0 Å². The number of hydrogen-bond acceptors (Lipinski definition) is 3. The van der Waals surface area contributed by atoms with Gasteiger partial charge >= 0.3 is 0 Å². The molecule has 2 heterocycles. The highest BCUT2D eigenvalue weighted by molar-refractivity contribution is 7.98. The molecule has 3 unspecified atom stereocenters. The van der Waals surface area contributed by atoms with Gasteiger partial charge in [0.2, 0.25) is 0 Å². The summed E-state index contributed by atoms with van der Waals surface area (Å²) in [6, 6.07) is 0. The van der Waals surface area contributed by atoms with E-state index < -0.39 is 0 Å². The van der Waals surface area contributed by atoms with Crippen molar-refractivity contribution in [1.82, 2.24) is 0 Å². The van der Waals surface area contributed by atoms with Gasteiger partial charge in [-0.3, -0.25) is 0 Å². The topological polar surface area (TPSA) is 35.2 Å². The second-order valence-corrected chi connectivity index (χ2v) is 5.34. The molecule has 0 aromatic rings. The van der Waals surface area contributed by atoms with E-state index >= 15 is 0 Å². The van der Waals surface area contributed by atoms with Crippen LogP contribution in [0.2, 0.25) is 0 Å². The molecule has 2 nitrogen and oxygen atoms in total. The normalized spacial score (nSPS) is 42.9. The molecule has 2 saturated heterocycles. The lowest BCUT2D eigenvalue weighted by atomic mass is 9.79. The standard InChI is InChI=1S/C10H19NOS/c1-13-6-2-5-10(11)7-8-3-4-9(10)12-8/h8-9H,2-7,11H2,1H3. The summed E-state index contributed by atoms with van der Waals surface area (Å²) in [5, 5.41) is 0. The molecule has 3 atom stereocenters. The van der Waals surface area contributed by atoms with E-state index in [4.69, 9.17) is 10.5 Å². The third-order valence-corrected chi connectivity index (χ3v) is 4.04. The van der Waals surface area contributed by atoms with Gasteiger partial charge in [0.1, 0.15) is 0 Å². The summed E-state index contributed by atoms with van der Waals surface area (Å²) < 4.78 is 5.79. The second-order valence-electron chi connectivity index (χ2n) is 4.36. The van der Waals surface area contributed by atoms with Crippen LogP contribution in [0.25, 0.3) is 0 Å². The van der Waals surface area contributed by atoms with E-state index in [-0.39, 0.29) is 5.54 Å². The monoisotopic (exact) mass is 201 g/mol. The highest BCUT2D eigenvalue weighted by Crippen LogP contribution is 2.42. The Labute approximate surface area is 84.6 Å². The summed E-state index contributed by atoms with van der Waals surface area (Å²) in [7, 11) is 0. The molecule has 2 rings (SSSR count). The summed E-state index contributed by atoms with van der Waals surface area (Å²) in [6.07, 6.45) is 8.95. The van der Waals surface area contributed by atoms with Gasteiger partial charge in [-0.2, -0.15) is 11.8 Å². The van der Waals surface area contributed by atoms with Crippen molar-refractivity contribution in [2.24, 2.45) is 5.73 Å². The van der Waals surface area contributed by atoms with Crippen LogP contribution in [0.3, 0.4) is 0 Å². The first kappa shape index (κ1) is 9.81. The van der Waals surface area contributed by atoms with Gasteiger partial charge in [-0.15, -0.1) is 0 Å². The van der Waals surface area contributed by atoms with E-state index in [0.29, 0.717) is 12.2 Å². The number of thioether (sulfide) groups is 1. The van der Waals surface area contributed by atoms with Crippen molar-refractivity contribution >= 4 is 11.8 Å². The predicted molar refractivity (Wildman–Crippen MR) is 57.0 cm³/mol. The molecule has 0 radical (unpaired) electrons. The zero-order chi connectivity index (χ0) is 9.31. The number of hydrogen-bond donors (Lipinski definition) is 1. The Bertz CT molecular complexity index is 188. The number of fused-ring (bicyclic) bond motifs is 2. The molecular weight excluding hydrogens is 182 g/mol. The van der Waals surface area contributed by atoms with Crippen molar-refractivity contribution in [1.29, 1.82) is 0 Å². The summed E-state index contributed by atoms with van der Waals surface area (Å²) >= 11 is 1.91. The van der Waals surface area contributed by atoms with Crippen molar-refractivity contribution in [3.63, 3.8) is 0 Å². The van der Waals surface area contributed by atoms with Crippen molar-refractivity contribution < 1.29 is 4.74 Å². The van der Waals surface area contributed by atoms with Crippen LogP contribution in [-0.4, -0.2) is 29.8 Å². The molecule has 2 aliphatic heterocycles. The Kier molecular flexibility index (Phi) is 2.86. The molecular formula is C10H19NOS. The number of ether oxygens (including phenoxy) is 1. The van der Waals surface area contributed by atoms with Crippen LogP contribution in [0.4, 0.5) is 0 Å². The highest BCUT2D eigenvalue weighted by atomic mass is 32.2. The summed E-state index contributed by atoms with van der Waals surface area (Å²) in [5.41, 5.74) is 6.38. The third kappa shape index (κ3) is 1.88. The van der Waals surface area contributed by atoms with Gasteiger partial charge in [-0.05, 0) is 44.1 Å². The smallest absolute Gasteiger partial charge is 0.0760 e. The summed E-state index contributed by atoms with van der Waals surface area (Å²) in [6.45, 7) is 0. The molecule has 0 aromatic heterocycles. The third-order valence-electron chi connectivity index (χ3n) is 3.35. The van der Waals surface area contributed by atoms with Crippen LogP contribution in [-0.2, 0) is 4.74 Å². The molecule has 76 valence electrons. The summed E-state index contributed by atoms with van der Waals surface area (Å²) in [5.74, 6) is 1.23. The maximum atomic E-state index is 6.35. The molecule has 0 saturated carbocycles. The van der Waals surface area contributed by atoms with E-state index in [0.717, 1.165) is 12.8 Å². The molecule has 2 aliphatic rings. The van der Waals surface area contributed by atoms with Gasteiger partial charge in [0, 0.05) is 5.54 Å². The lowest BCUT2D eigenvalue weighted by molar-refractivity contribution is 0.0837. The Morgan fingerprint density at radius 2 is 2.38 bits per heavy atom. The lowest BCUT2D eigenvalue weighted by Crippen LogP contribution is -2.48. The van der Waals surface area contributed by atoms with E-state index in [1.807, 2.05) is 11.8 Å². The van der Waals surface area contributed by atoms with Crippen molar-refractivity contribution in [3.05, 3.63) is 0 Å². The Balaban J connectivity index is 1.83. The lowest BCUT2D eigenvalue weighted by Gasteiger charge is -2.31. The molecule has 2 fully saturated rings. The largest absolute Gasteiger partial charge is 0.373 e. The van der Waals surface area contributed by atoms with Gasteiger partial charge in [0.05, 0.1) is 12.2 Å². The average molecular weight is 201 g/mol. The van der Waals surface area contributed by atoms with Crippen molar-refractivity contribution in [2.45, 2.75) is 49.9 Å². The van der Waals surface area contributed by atoms with Crippen molar-refractivity contribution in [3.8, 4) is 0 Å². The zero-order valence-corrected chi connectivity index (χ0v) is 9.11. The van der Waals surface area contributed by atoms with Gasteiger partial charge in [-0.25, -0.2) is 0 Å². The van der Waals surface area contributed by atoms with E-state index in [1.165, 1.54) is 25.0 Å². The second kappa shape index (κ2) is 3.79. The average Bonchev–Trinajstić information content (AvgIpc) is 2.64. The van der Waals surface area contributed by atoms with Gasteiger partial charge < -0.3 is 10.5 Å². The minimum Gasteiger partial charge on any atom is -0.373 e. The van der Waals surface area contributed by atoms with E-state index in [2.05, 4.69) is 6.26 Å². The molecule has 2 N–H and O–H groups in total. The van der Waals surface area contributed by atoms with E-state index in [9.17, 15) is 0 Å². The van der Waals surface area contributed by atoms with Crippen LogP contribution in [0.1, 0.15) is 32.1 Å². The van der Waals surface area contributed by atoms with Gasteiger partial charge in [0.25, 0.3) is 0 Å². The number of nitrogens with two attached hydrogens (primary N) is 1. The fourth-order valence-corrected chi connectivity index (χ4v) is 3.08. The van der Waals surface area contributed by atoms with Gasteiger partial charge in [-0.1, -0.05) is 0 Å². The van der Waals surface area contributed by atoms with E-state index in [1.54, 1.807) is 0 Å². The molecule has 0 spiro atoms. The van der Waals surface area contributed by atoms with Crippen LogP contribution < -0.4 is 5.73 Å². The Morgan fingerprint density at radius 3 is 2.92 bits per heavy atom. The van der Waals surface area contributed by atoms with Crippen molar-refractivity contribution in [2.75, 3.05) is 12.0 Å². The molecule has 0 aliphatic carbocycles. The molecule has 0 amide bonds. The quantitative estimate of drug-likeness (QED) is 0.704. The Hall–Kier alpha value is 0.270. The first-order valence-electron chi connectivity index (χ1n) is 5.18. The first-order valence-corrected chi connectivity index (χ1v) is 6.57. The highest BCUT2D eigenvalue weighted by Gasteiger charge is 2.49. The minimum absolute atomic E-state index is 0.0264. The fourth-order valence-electron chi connectivity index (χ4n) is 2.64. The molecule has 0 aromatic carbocycles. The molecule has 2 bridgehead atoms.